The first-order valence-corrected chi connectivity index (χ1v) is 6.03. The molecule has 0 saturated carbocycles. The maximum absolute atomic E-state index is 11.9. The van der Waals surface area contributed by atoms with Crippen molar-refractivity contribution in [3.8, 4) is 0 Å². The zero-order valence-electron chi connectivity index (χ0n) is 10.1. The van der Waals surface area contributed by atoms with E-state index in [1.807, 2.05) is 6.92 Å². The lowest BCUT2D eigenvalue weighted by atomic mass is 9.94. The quantitative estimate of drug-likeness (QED) is 0.711. The molecular formula is C12H23NO2. The van der Waals surface area contributed by atoms with E-state index in [4.69, 9.17) is 4.74 Å². The highest BCUT2D eigenvalue weighted by Gasteiger charge is 2.40. The third-order valence-electron chi connectivity index (χ3n) is 3.17. The van der Waals surface area contributed by atoms with Crippen LogP contribution in [-0.4, -0.2) is 24.7 Å². The SMILES string of the molecule is CCC1(C(=O)OCCC(C)C)CCCN1. The van der Waals surface area contributed by atoms with Crippen LogP contribution in [-0.2, 0) is 9.53 Å². The fourth-order valence-electron chi connectivity index (χ4n) is 1.95. The van der Waals surface area contributed by atoms with Gasteiger partial charge in [-0.15, -0.1) is 0 Å². The van der Waals surface area contributed by atoms with Crippen LogP contribution in [0, 0.1) is 5.92 Å². The van der Waals surface area contributed by atoms with Crippen molar-refractivity contribution in [3.05, 3.63) is 0 Å². The van der Waals surface area contributed by atoms with Crippen LogP contribution in [0.2, 0.25) is 0 Å². The summed E-state index contributed by atoms with van der Waals surface area (Å²) >= 11 is 0. The number of nitrogens with one attached hydrogen (secondary N) is 1. The Hall–Kier alpha value is -0.570. The highest BCUT2D eigenvalue weighted by Crippen LogP contribution is 2.24. The van der Waals surface area contributed by atoms with Gasteiger partial charge in [-0.2, -0.15) is 0 Å². The van der Waals surface area contributed by atoms with Gasteiger partial charge in [0.1, 0.15) is 5.54 Å². The van der Waals surface area contributed by atoms with Gasteiger partial charge in [-0.25, -0.2) is 0 Å². The normalized spacial score (nSPS) is 25.9. The molecule has 1 aliphatic heterocycles. The summed E-state index contributed by atoms with van der Waals surface area (Å²) in [6.07, 6.45) is 3.77. The largest absolute Gasteiger partial charge is 0.464 e. The number of carbonyl (C=O) groups is 1. The molecule has 1 N–H and O–H groups in total. The van der Waals surface area contributed by atoms with E-state index >= 15 is 0 Å². The standard InChI is InChI=1S/C12H23NO2/c1-4-12(7-5-8-13-12)11(14)15-9-6-10(2)3/h10,13H,4-9H2,1-3H3. The molecule has 1 heterocycles. The van der Waals surface area contributed by atoms with Crippen LogP contribution >= 0.6 is 0 Å². The molecule has 1 aliphatic rings. The maximum Gasteiger partial charge on any atom is 0.326 e. The second kappa shape index (κ2) is 5.50. The Balaban J connectivity index is 2.37. The van der Waals surface area contributed by atoms with Gasteiger partial charge in [-0.05, 0) is 38.1 Å². The molecule has 0 amide bonds. The van der Waals surface area contributed by atoms with E-state index in [1.54, 1.807) is 0 Å². The fraction of sp³-hybridized carbons (Fsp3) is 0.917. The van der Waals surface area contributed by atoms with Gasteiger partial charge in [0.25, 0.3) is 0 Å². The summed E-state index contributed by atoms with van der Waals surface area (Å²) in [6.45, 7) is 7.81. The average molecular weight is 213 g/mol. The molecule has 0 aliphatic carbocycles. The summed E-state index contributed by atoms with van der Waals surface area (Å²) in [4.78, 5) is 11.9. The lowest BCUT2D eigenvalue weighted by Gasteiger charge is -2.25. The van der Waals surface area contributed by atoms with Crippen molar-refractivity contribution in [2.24, 2.45) is 5.92 Å². The maximum atomic E-state index is 11.9. The van der Waals surface area contributed by atoms with E-state index in [1.165, 1.54) is 0 Å². The van der Waals surface area contributed by atoms with Gasteiger partial charge in [-0.3, -0.25) is 4.79 Å². The Kier molecular flexibility index (Phi) is 4.58. The summed E-state index contributed by atoms with van der Waals surface area (Å²) in [5, 5.41) is 3.28. The highest BCUT2D eigenvalue weighted by atomic mass is 16.5. The lowest BCUT2D eigenvalue weighted by Crippen LogP contribution is -2.48. The molecular weight excluding hydrogens is 190 g/mol. The second-order valence-electron chi connectivity index (χ2n) is 4.78. The monoisotopic (exact) mass is 213 g/mol. The fourth-order valence-corrected chi connectivity index (χ4v) is 1.95. The van der Waals surface area contributed by atoms with Gasteiger partial charge in [0.05, 0.1) is 6.61 Å². The summed E-state index contributed by atoms with van der Waals surface area (Å²) in [7, 11) is 0. The van der Waals surface area contributed by atoms with E-state index in [9.17, 15) is 4.79 Å². The van der Waals surface area contributed by atoms with E-state index in [0.717, 1.165) is 32.2 Å². The van der Waals surface area contributed by atoms with Gasteiger partial charge < -0.3 is 10.1 Å². The minimum atomic E-state index is -0.378. The van der Waals surface area contributed by atoms with Crippen molar-refractivity contribution in [2.75, 3.05) is 13.2 Å². The Morgan fingerprint density at radius 2 is 2.27 bits per heavy atom. The van der Waals surface area contributed by atoms with Gasteiger partial charge in [0.15, 0.2) is 0 Å². The number of hydrogen-bond donors (Lipinski definition) is 1. The average Bonchev–Trinajstić information content (AvgIpc) is 2.66. The van der Waals surface area contributed by atoms with E-state index < -0.39 is 0 Å². The van der Waals surface area contributed by atoms with Crippen LogP contribution in [0.5, 0.6) is 0 Å². The summed E-state index contributed by atoms with van der Waals surface area (Å²) < 4.78 is 5.33. The molecule has 0 aromatic carbocycles. The second-order valence-corrected chi connectivity index (χ2v) is 4.78. The molecule has 1 fully saturated rings. The number of esters is 1. The Bertz CT molecular complexity index is 208. The van der Waals surface area contributed by atoms with Crippen molar-refractivity contribution >= 4 is 5.97 Å². The molecule has 0 spiro atoms. The molecule has 3 nitrogen and oxygen atoms in total. The van der Waals surface area contributed by atoms with Crippen molar-refractivity contribution in [2.45, 2.75) is 52.0 Å². The molecule has 1 rings (SSSR count). The smallest absolute Gasteiger partial charge is 0.326 e. The zero-order valence-corrected chi connectivity index (χ0v) is 10.1. The number of carbonyl (C=O) groups excluding carboxylic acids is 1. The van der Waals surface area contributed by atoms with E-state index in [-0.39, 0.29) is 11.5 Å². The van der Waals surface area contributed by atoms with Crippen LogP contribution < -0.4 is 5.32 Å². The molecule has 1 saturated heterocycles. The van der Waals surface area contributed by atoms with E-state index in [2.05, 4.69) is 19.2 Å². The Morgan fingerprint density at radius 3 is 2.73 bits per heavy atom. The van der Waals surface area contributed by atoms with Gasteiger partial charge in [0, 0.05) is 0 Å². The first-order valence-electron chi connectivity index (χ1n) is 6.03. The minimum absolute atomic E-state index is 0.0526. The molecule has 15 heavy (non-hydrogen) atoms. The van der Waals surface area contributed by atoms with Crippen LogP contribution in [0.4, 0.5) is 0 Å². The third-order valence-corrected chi connectivity index (χ3v) is 3.17. The Morgan fingerprint density at radius 1 is 1.53 bits per heavy atom. The van der Waals surface area contributed by atoms with Crippen molar-refractivity contribution in [3.63, 3.8) is 0 Å². The zero-order chi connectivity index (χ0) is 11.3. The number of ether oxygens (including phenoxy) is 1. The number of hydrogen-bond acceptors (Lipinski definition) is 3. The van der Waals surface area contributed by atoms with Crippen LogP contribution in [0.1, 0.15) is 46.5 Å². The summed E-state index contributed by atoms with van der Waals surface area (Å²) in [6, 6.07) is 0. The van der Waals surface area contributed by atoms with Crippen LogP contribution in [0.3, 0.4) is 0 Å². The minimum Gasteiger partial charge on any atom is -0.464 e. The topological polar surface area (TPSA) is 38.3 Å². The molecule has 0 radical (unpaired) electrons. The lowest BCUT2D eigenvalue weighted by molar-refractivity contribution is -0.151. The van der Waals surface area contributed by atoms with Crippen molar-refractivity contribution < 1.29 is 9.53 Å². The van der Waals surface area contributed by atoms with Gasteiger partial charge >= 0.3 is 5.97 Å². The van der Waals surface area contributed by atoms with E-state index in [0.29, 0.717) is 12.5 Å². The first-order chi connectivity index (χ1) is 7.10. The predicted molar refractivity (Wildman–Crippen MR) is 60.7 cm³/mol. The molecule has 88 valence electrons. The van der Waals surface area contributed by atoms with Crippen molar-refractivity contribution in [1.29, 1.82) is 0 Å². The van der Waals surface area contributed by atoms with Gasteiger partial charge in [0.2, 0.25) is 0 Å². The summed E-state index contributed by atoms with van der Waals surface area (Å²) in [5.41, 5.74) is -0.378. The molecule has 1 unspecified atom stereocenters. The molecule has 3 heteroatoms. The molecule has 1 atom stereocenters. The molecule has 0 aromatic rings. The van der Waals surface area contributed by atoms with Gasteiger partial charge in [-0.1, -0.05) is 20.8 Å². The third kappa shape index (κ3) is 3.20. The Labute approximate surface area is 92.6 Å². The van der Waals surface area contributed by atoms with Crippen LogP contribution in [0.25, 0.3) is 0 Å². The van der Waals surface area contributed by atoms with Crippen LogP contribution in [0.15, 0.2) is 0 Å². The highest BCUT2D eigenvalue weighted by molar-refractivity contribution is 5.81. The molecule has 0 aromatic heterocycles. The molecule has 0 bridgehead atoms. The first kappa shape index (κ1) is 12.5. The predicted octanol–water partition coefficient (Wildman–Crippen LogP) is 2.11. The van der Waals surface area contributed by atoms with Crippen molar-refractivity contribution in [1.82, 2.24) is 5.32 Å². The number of rotatable bonds is 5. The summed E-state index contributed by atoms with van der Waals surface area (Å²) in [5.74, 6) is 0.537.